The van der Waals surface area contributed by atoms with Crippen molar-refractivity contribution >= 4 is 12.0 Å². The minimum Gasteiger partial charge on any atom is -0.497 e. The number of rotatable bonds is 5. The van der Waals surface area contributed by atoms with Gasteiger partial charge in [0.25, 0.3) is 0 Å². The van der Waals surface area contributed by atoms with Crippen LogP contribution in [0.25, 0.3) is 6.08 Å². The van der Waals surface area contributed by atoms with E-state index in [1.54, 1.807) is 13.2 Å². The zero-order valence-electron chi connectivity index (χ0n) is 9.18. The molecule has 84 valence electrons. The molecule has 0 radical (unpaired) electrons. The van der Waals surface area contributed by atoms with Gasteiger partial charge in [0.1, 0.15) is 12.4 Å². The van der Waals surface area contributed by atoms with Crippen LogP contribution in [0.15, 0.2) is 43.0 Å². The normalized spacial score (nSPS) is 10.1. The summed E-state index contributed by atoms with van der Waals surface area (Å²) in [4.78, 5) is 11.1. The summed E-state index contributed by atoms with van der Waals surface area (Å²) in [5.74, 6) is 0.405. The van der Waals surface area contributed by atoms with Crippen LogP contribution in [-0.4, -0.2) is 19.7 Å². The first-order valence-corrected chi connectivity index (χ1v) is 4.86. The first-order valence-electron chi connectivity index (χ1n) is 4.86. The summed E-state index contributed by atoms with van der Waals surface area (Å²) in [5.41, 5.74) is 0.913. The van der Waals surface area contributed by atoms with E-state index in [0.29, 0.717) is 0 Å². The van der Waals surface area contributed by atoms with Crippen LogP contribution in [0.4, 0.5) is 0 Å². The van der Waals surface area contributed by atoms with Crippen molar-refractivity contribution in [3.63, 3.8) is 0 Å². The lowest BCUT2D eigenvalue weighted by molar-refractivity contribution is -0.136. The summed E-state index contributed by atoms with van der Waals surface area (Å²) in [6.07, 6.45) is 4.59. The highest BCUT2D eigenvalue weighted by atomic mass is 16.5. The van der Waals surface area contributed by atoms with E-state index in [9.17, 15) is 4.79 Å². The second-order valence-electron chi connectivity index (χ2n) is 3.03. The Bertz CT molecular complexity index is 377. The SMILES string of the molecule is C=CCOC(=O)C=Cc1ccc(OC)cc1. The molecule has 0 saturated heterocycles. The highest BCUT2D eigenvalue weighted by Crippen LogP contribution is 2.12. The van der Waals surface area contributed by atoms with Crippen molar-refractivity contribution < 1.29 is 14.3 Å². The lowest BCUT2D eigenvalue weighted by Crippen LogP contribution is -1.99. The third kappa shape index (κ3) is 4.00. The Balaban J connectivity index is 2.55. The standard InChI is InChI=1S/C13H14O3/c1-3-10-16-13(14)9-6-11-4-7-12(15-2)8-5-11/h3-9H,1,10H2,2H3. The summed E-state index contributed by atoms with van der Waals surface area (Å²) in [5, 5.41) is 0. The Morgan fingerprint density at radius 1 is 1.38 bits per heavy atom. The van der Waals surface area contributed by atoms with Gasteiger partial charge >= 0.3 is 5.97 Å². The zero-order chi connectivity index (χ0) is 11.8. The van der Waals surface area contributed by atoms with Gasteiger partial charge in [-0.2, -0.15) is 0 Å². The monoisotopic (exact) mass is 218 g/mol. The van der Waals surface area contributed by atoms with E-state index in [-0.39, 0.29) is 12.6 Å². The molecule has 0 aliphatic carbocycles. The van der Waals surface area contributed by atoms with Crippen molar-refractivity contribution in [3.8, 4) is 5.75 Å². The third-order valence-corrected chi connectivity index (χ3v) is 1.87. The predicted octanol–water partition coefficient (Wildman–Crippen LogP) is 2.44. The molecule has 0 amide bonds. The average Bonchev–Trinajstić information content (AvgIpc) is 2.34. The van der Waals surface area contributed by atoms with Gasteiger partial charge in [-0.25, -0.2) is 4.79 Å². The molecule has 0 saturated carbocycles. The molecule has 0 unspecified atom stereocenters. The van der Waals surface area contributed by atoms with Gasteiger partial charge in [-0.1, -0.05) is 24.8 Å². The van der Waals surface area contributed by atoms with Crippen molar-refractivity contribution in [3.05, 3.63) is 48.6 Å². The van der Waals surface area contributed by atoms with Gasteiger partial charge in [0.05, 0.1) is 7.11 Å². The summed E-state index contributed by atoms with van der Waals surface area (Å²) in [6.45, 7) is 3.68. The number of carbonyl (C=O) groups excluding carboxylic acids is 1. The zero-order valence-corrected chi connectivity index (χ0v) is 9.18. The smallest absolute Gasteiger partial charge is 0.331 e. The molecule has 0 atom stereocenters. The van der Waals surface area contributed by atoms with E-state index >= 15 is 0 Å². The van der Waals surface area contributed by atoms with E-state index in [0.717, 1.165) is 11.3 Å². The van der Waals surface area contributed by atoms with Gasteiger partial charge in [0.15, 0.2) is 0 Å². The number of hydrogen-bond acceptors (Lipinski definition) is 3. The van der Waals surface area contributed by atoms with Crippen LogP contribution in [-0.2, 0) is 9.53 Å². The Morgan fingerprint density at radius 3 is 2.62 bits per heavy atom. The molecule has 0 bridgehead atoms. The van der Waals surface area contributed by atoms with E-state index in [4.69, 9.17) is 9.47 Å². The van der Waals surface area contributed by atoms with Crippen molar-refractivity contribution in [2.45, 2.75) is 0 Å². The lowest BCUT2D eigenvalue weighted by Gasteiger charge is -1.99. The van der Waals surface area contributed by atoms with Crippen LogP contribution in [0.1, 0.15) is 5.56 Å². The largest absolute Gasteiger partial charge is 0.497 e. The van der Waals surface area contributed by atoms with E-state index < -0.39 is 0 Å². The van der Waals surface area contributed by atoms with Crippen molar-refractivity contribution in [2.75, 3.05) is 13.7 Å². The van der Waals surface area contributed by atoms with Crippen LogP contribution in [0, 0.1) is 0 Å². The number of ether oxygens (including phenoxy) is 2. The van der Waals surface area contributed by atoms with Crippen LogP contribution in [0.2, 0.25) is 0 Å². The second kappa shape index (κ2) is 6.45. The maximum absolute atomic E-state index is 11.1. The van der Waals surface area contributed by atoms with Crippen molar-refractivity contribution in [2.24, 2.45) is 0 Å². The molecule has 0 fully saturated rings. The van der Waals surface area contributed by atoms with Gasteiger partial charge in [0.2, 0.25) is 0 Å². The Morgan fingerprint density at radius 2 is 2.06 bits per heavy atom. The minimum absolute atomic E-state index is 0.228. The molecule has 0 N–H and O–H groups in total. The Kier molecular flexibility index (Phi) is 4.86. The van der Waals surface area contributed by atoms with Crippen molar-refractivity contribution in [1.82, 2.24) is 0 Å². The number of carbonyl (C=O) groups is 1. The first-order chi connectivity index (χ1) is 7.76. The maximum Gasteiger partial charge on any atom is 0.331 e. The Hall–Kier alpha value is -2.03. The summed E-state index contributed by atoms with van der Waals surface area (Å²) < 4.78 is 9.81. The van der Waals surface area contributed by atoms with E-state index in [1.165, 1.54) is 12.2 Å². The molecule has 0 aromatic heterocycles. The molecular weight excluding hydrogens is 204 g/mol. The molecule has 16 heavy (non-hydrogen) atoms. The molecule has 0 heterocycles. The number of hydrogen-bond donors (Lipinski definition) is 0. The van der Waals surface area contributed by atoms with Gasteiger partial charge < -0.3 is 9.47 Å². The molecule has 1 aromatic rings. The quantitative estimate of drug-likeness (QED) is 0.432. The minimum atomic E-state index is -0.379. The van der Waals surface area contributed by atoms with Crippen LogP contribution in [0.3, 0.4) is 0 Å². The molecule has 0 spiro atoms. The van der Waals surface area contributed by atoms with E-state index in [2.05, 4.69) is 6.58 Å². The predicted molar refractivity (Wildman–Crippen MR) is 63.2 cm³/mol. The molecular formula is C13H14O3. The fraction of sp³-hybridized carbons (Fsp3) is 0.154. The van der Waals surface area contributed by atoms with Gasteiger partial charge in [-0.3, -0.25) is 0 Å². The summed E-state index contributed by atoms with van der Waals surface area (Å²) in [6, 6.07) is 7.37. The highest BCUT2D eigenvalue weighted by molar-refractivity contribution is 5.87. The fourth-order valence-electron chi connectivity index (χ4n) is 1.07. The van der Waals surface area contributed by atoms with Gasteiger partial charge in [-0.05, 0) is 23.8 Å². The molecule has 3 nitrogen and oxygen atoms in total. The molecule has 0 aliphatic heterocycles. The Labute approximate surface area is 95.0 Å². The molecule has 0 aliphatic rings. The lowest BCUT2D eigenvalue weighted by atomic mass is 10.2. The number of methoxy groups -OCH3 is 1. The highest BCUT2D eigenvalue weighted by Gasteiger charge is 1.94. The maximum atomic E-state index is 11.1. The van der Waals surface area contributed by atoms with Gasteiger partial charge in [0, 0.05) is 6.08 Å². The molecule has 1 rings (SSSR count). The number of esters is 1. The molecule has 3 heteroatoms. The van der Waals surface area contributed by atoms with Crippen LogP contribution < -0.4 is 4.74 Å². The van der Waals surface area contributed by atoms with Gasteiger partial charge in [-0.15, -0.1) is 0 Å². The van der Waals surface area contributed by atoms with Crippen LogP contribution >= 0.6 is 0 Å². The van der Waals surface area contributed by atoms with Crippen LogP contribution in [0.5, 0.6) is 5.75 Å². The number of benzene rings is 1. The third-order valence-electron chi connectivity index (χ3n) is 1.87. The van der Waals surface area contributed by atoms with Crippen molar-refractivity contribution in [1.29, 1.82) is 0 Å². The summed E-state index contributed by atoms with van der Waals surface area (Å²) >= 11 is 0. The molecule has 1 aromatic carbocycles. The second-order valence-corrected chi connectivity index (χ2v) is 3.03. The fourth-order valence-corrected chi connectivity index (χ4v) is 1.07. The first kappa shape index (κ1) is 12.0. The topological polar surface area (TPSA) is 35.5 Å². The average molecular weight is 218 g/mol. The summed E-state index contributed by atoms with van der Waals surface area (Å²) in [7, 11) is 1.61. The van der Waals surface area contributed by atoms with E-state index in [1.807, 2.05) is 24.3 Å².